The summed E-state index contributed by atoms with van der Waals surface area (Å²) >= 11 is 0. The van der Waals surface area contributed by atoms with Crippen molar-refractivity contribution in [1.29, 1.82) is 0 Å². The van der Waals surface area contributed by atoms with Gasteiger partial charge in [-0.1, -0.05) is 0 Å². The van der Waals surface area contributed by atoms with E-state index in [1.165, 1.54) is 0 Å². The van der Waals surface area contributed by atoms with E-state index in [-0.39, 0.29) is 24.1 Å². The van der Waals surface area contributed by atoms with E-state index in [2.05, 4.69) is 20.8 Å². The number of nitrogens with zero attached hydrogens (tertiary/aromatic N) is 1. The van der Waals surface area contributed by atoms with Crippen molar-refractivity contribution in [2.75, 3.05) is 13.7 Å². The molecule has 6 nitrogen and oxygen atoms in total. The Kier molecular flexibility index (Phi) is 3.75. The zero-order chi connectivity index (χ0) is 12.3. The molecule has 1 fully saturated rings. The summed E-state index contributed by atoms with van der Waals surface area (Å²) in [5, 5.41) is 12.7. The number of aromatic nitrogens is 2. The Hall–Kier alpha value is -1.40. The van der Waals surface area contributed by atoms with Crippen molar-refractivity contribution < 1.29 is 9.53 Å². The topological polar surface area (TPSA) is 79.0 Å². The number of nitrogens with one attached hydrogen (secondary N) is 3. The first-order valence-corrected chi connectivity index (χ1v) is 5.76. The summed E-state index contributed by atoms with van der Waals surface area (Å²) in [4.78, 5) is 12.0. The normalized spacial score (nSPS) is 25.8. The SMILES string of the molecule is COC1CNC(C(=O)NC(C)c2cn[nH]c2)C1. The van der Waals surface area contributed by atoms with E-state index in [0.29, 0.717) is 0 Å². The lowest BCUT2D eigenvalue weighted by atomic mass is 10.1. The van der Waals surface area contributed by atoms with Gasteiger partial charge in [0.1, 0.15) is 0 Å². The van der Waals surface area contributed by atoms with E-state index in [0.717, 1.165) is 18.5 Å². The minimum absolute atomic E-state index is 0.0123. The standard InChI is InChI=1S/C11H18N4O2/c1-7(8-4-13-14-5-8)15-11(16)10-3-9(17-2)6-12-10/h4-5,7,9-10,12H,3,6H2,1-2H3,(H,13,14)(H,15,16). The highest BCUT2D eigenvalue weighted by Gasteiger charge is 2.29. The summed E-state index contributed by atoms with van der Waals surface area (Å²) in [7, 11) is 1.67. The summed E-state index contributed by atoms with van der Waals surface area (Å²) in [6.07, 6.45) is 4.35. The molecule has 2 rings (SSSR count). The molecule has 0 bridgehead atoms. The van der Waals surface area contributed by atoms with Crippen LogP contribution >= 0.6 is 0 Å². The third kappa shape index (κ3) is 2.83. The van der Waals surface area contributed by atoms with Crippen molar-refractivity contribution in [2.45, 2.75) is 31.5 Å². The molecule has 6 heteroatoms. The van der Waals surface area contributed by atoms with Crippen LogP contribution in [0.3, 0.4) is 0 Å². The number of aromatic amines is 1. The Labute approximate surface area is 100 Å². The quantitative estimate of drug-likeness (QED) is 0.688. The molecular formula is C11H18N4O2. The van der Waals surface area contributed by atoms with Crippen LogP contribution < -0.4 is 10.6 Å². The molecule has 0 radical (unpaired) electrons. The minimum atomic E-state index is -0.158. The number of hydrogen-bond donors (Lipinski definition) is 3. The van der Waals surface area contributed by atoms with Crippen LogP contribution in [-0.4, -0.2) is 41.9 Å². The lowest BCUT2D eigenvalue weighted by molar-refractivity contribution is -0.123. The molecule has 1 aliphatic heterocycles. The molecule has 1 amide bonds. The van der Waals surface area contributed by atoms with Crippen LogP contribution in [0.2, 0.25) is 0 Å². The molecule has 94 valence electrons. The van der Waals surface area contributed by atoms with Crippen LogP contribution in [0.5, 0.6) is 0 Å². The van der Waals surface area contributed by atoms with Gasteiger partial charge >= 0.3 is 0 Å². The fourth-order valence-corrected chi connectivity index (χ4v) is 1.98. The second kappa shape index (κ2) is 5.29. The average Bonchev–Trinajstić information content (AvgIpc) is 3.00. The zero-order valence-electron chi connectivity index (χ0n) is 10.1. The fourth-order valence-electron chi connectivity index (χ4n) is 1.98. The highest BCUT2D eigenvalue weighted by molar-refractivity contribution is 5.82. The van der Waals surface area contributed by atoms with Gasteiger partial charge in [0.15, 0.2) is 0 Å². The fraction of sp³-hybridized carbons (Fsp3) is 0.636. The lowest BCUT2D eigenvalue weighted by Gasteiger charge is -2.16. The number of methoxy groups -OCH3 is 1. The Bertz CT molecular complexity index is 366. The van der Waals surface area contributed by atoms with Gasteiger partial charge in [-0.25, -0.2) is 0 Å². The molecule has 1 saturated heterocycles. The van der Waals surface area contributed by atoms with Crippen LogP contribution in [0.15, 0.2) is 12.4 Å². The van der Waals surface area contributed by atoms with Crippen LogP contribution in [0.4, 0.5) is 0 Å². The number of amides is 1. The van der Waals surface area contributed by atoms with E-state index in [1.807, 2.05) is 6.92 Å². The maximum atomic E-state index is 12.0. The molecular weight excluding hydrogens is 220 g/mol. The van der Waals surface area contributed by atoms with Gasteiger partial charge in [-0.15, -0.1) is 0 Å². The summed E-state index contributed by atoms with van der Waals surface area (Å²) in [5.41, 5.74) is 0.972. The number of carbonyl (C=O) groups excluding carboxylic acids is 1. The van der Waals surface area contributed by atoms with Gasteiger partial charge in [0, 0.05) is 25.4 Å². The molecule has 0 saturated carbocycles. The van der Waals surface area contributed by atoms with Crippen LogP contribution in [0.1, 0.15) is 24.9 Å². The van der Waals surface area contributed by atoms with Crippen molar-refractivity contribution in [3.63, 3.8) is 0 Å². The predicted molar refractivity (Wildman–Crippen MR) is 62.4 cm³/mol. The number of carbonyl (C=O) groups is 1. The molecule has 3 N–H and O–H groups in total. The average molecular weight is 238 g/mol. The maximum Gasteiger partial charge on any atom is 0.237 e. The molecule has 0 aliphatic carbocycles. The molecule has 3 atom stereocenters. The van der Waals surface area contributed by atoms with Gasteiger partial charge in [-0.2, -0.15) is 5.10 Å². The zero-order valence-corrected chi connectivity index (χ0v) is 10.1. The third-order valence-electron chi connectivity index (χ3n) is 3.12. The molecule has 17 heavy (non-hydrogen) atoms. The van der Waals surface area contributed by atoms with Crippen molar-refractivity contribution >= 4 is 5.91 Å². The van der Waals surface area contributed by atoms with Crippen molar-refractivity contribution in [3.8, 4) is 0 Å². The summed E-state index contributed by atoms with van der Waals surface area (Å²) in [6, 6.07) is -0.195. The summed E-state index contributed by atoms with van der Waals surface area (Å²) in [5.74, 6) is 0.0123. The van der Waals surface area contributed by atoms with Crippen LogP contribution in [-0.2, 0) is 9.53 Å². The van der Waals surface area contributed by atoms with Crippen LogP contribution in [0.25, 0.3) is 0 Å². The van der Waals surface area contributed by atoms with Crippen LogP contribution in [0, 0.1) is 0 Å². The molecule has 3 unspecified atom stereocenters. The van der Waals surface area contributed by atoms with E-state index in [4.69, 9.17) is 4.74 Å². The second-order valence-corrected chi connectivity index (χ2v) is 4.32. The second-order valence-electron chi connectivity index (χ2n) is 4.32. The Balaban J connectivity index is 1.85. The van der Waals surface area contributed by atoms with Crippen molar-refractivity contribution in [2.24, 2.45) is 0 Å². The third-order valence-corrected chi connectivity index (χ3v) is 3.12. The van der Waals surface area contributed by atoms with Gasteiger partial charge < -0.3 is 15.4 Å². The summed E-state index contributed by atoms with van der Waals surface area (Å²) < 4.78 is 5.21. The van der Waals surface area contributed by atoms with E-state index < -0.39 is 0 Å². The van der Waals surface area contributed by atoms with Gasteiger partial charge in [0.05, 0.1) is 24.4 Å². The first-order chi connectivity index (χ1) is 8.20. The lowest BCUT2D eigenvalue weighted by Crippen LogP contribution is -2.41. The number of rotatable bonds is 4. The van der Waals surface area contributed by atoms with Gasteiger partial charge in [-0.3, -0.25) is 9.89 Å². The number of ether oxygens (including phenoxy) is 1. The van der Waals surface area contributed by atoms with Crippen molar-refractivity contribution in [1.82, 2.24) is 20.8 Å². The minimum Gasteiger partial charge on any atom is -0.380 e. The maximum absolute atomic E-state index is 12.0. The molecule has 2 heterocycles. The monoisotopic (exact) mass is 238 g/mol. The Morgan fingerprint density at radius 2 is 2.53 bits per heavy atom. The molecule has 1 aromatic rings. The molecule has 0 aromatic carbocycles. The van der Waals surface area contributed by atoms with Gasteiger partial charge in [0.2, 0.25) is 5.91 Å². The first-order valence-electron chi connectivity index (χ1n) is 5.76. The largest absolute Gasteiger partial charge is 0.380 e. The highest BCUT2D eigenvalue weighted by atomic mass is 16.5. The number of hydrogen-bond acceptors (Lipinski definition) is 4. The van der Waals surface area contributed by atoms with Crippen molar-refractivity contribution in [3.05, 3.63) is 18.0 Å². The van der Waals surface area contributed by atoms with Gasteiger partial charge in [-0.05, 0) is 13.3 Å². The summed E-state index contributed by atoms with van der Waals surface area (Å²) in [6.45, 7) is 2.67. The number of H-pyrrole nitrogens is 1. The van der Waals surface area contributed by atoms with E-state index in [9.17, 15) is 4.79 Å². The smallest absolute Gasteiger partial charge is 0.237 e. The van der Waals surface area contributed by atoms with Gasteiger partial charge in [0.25, 0.3) is 0 Å². The Morgan fingerprint density at radius 3 is 3.12 bits per heavy atom. The molecule has 1 aromatic heterocycles. The van der Waals surface area contributed by atoms with E-state index in [1.54, 1.807) is 19.5 Å². The Morgan fingerprint density at radius 1 is 1.71 bits per heavy atom. The first kappa shape index (κ1) is 12.1. The van der Waals surface area contributed by atoms with E-state index >= 15 is 0 Å². The predicted octanol–water partition coefficient (Wildman–Crippen LogP) is -0.0362. The molecule has 1 aliphatic rings. The highest BCUT2D eigenvalue weighted by Crippen LogP contribution is 2.13. The molecule has 0 spiro atoms.